The van der Waals surface area contributed by atoms with E-state index < -0.39 is 17.3 Å². The summed E-state index contributed by atoms with van der Waals surface area (Å²) in [6, 6.07) is 9.77. The number of halogens is 4. The molecule has 3 aromatic rings. The molecule has 0 amide bonds. The molecule has 0 atom stereocenters. The smallest absolute Gasteiger partial charge is 0.371 e. The number of pyridine rings is 1. The highest BCUT2D eigenvalue weighted by atomic mass is 35.5. The summed E-state index contributed by atoms with van der Waals surface area (Å²) < 4.78 is 42.3. The zero-order valence-corrected chi connectivity index (χ0v) is 17.1. The quantitative estimate of drug-likeness (QED) is 0.544. The predicted octanol–water partition coefficient (Wildman–Crippen LogP) is 4.94. The van der Waals surface area contributed by atoms with Gasteiger partial charge in [-0.15, -0.1) is 12.4 Å². The lowest BCUT2D eigenvalue weighted by molar-refractivity contribution is -0.137. The van der Waals surface area contributed by atoms with E-state index in [4.69, 9.17) is 0 Å². The third kappa shape index (κ3) is 4.57. The first-order valence-corrected chi connectivity index (χ1v) is 9.28. The maximum atomic E-state index is 13.6. The van der Waals surface area contributed by atoms with Gasteiger partial charge in [-0.1, -0.05) is 26.0 Å². The van der Waals surface area contributed by atoms with Crippen molar-refractivity contribution in [1.82, 2.24) is 14.3 Å². The van der Waals surface area contributed by atoms with Gasteiger partial charge in [-0.25, -0.2) is 4.98 Å². The summed E-state index contributed by atoms with van der Waals surface area (Å²) in [5.74, 6) is 0.287. The van der Waals surface area contributed by atoms with Crippen LogP contribution >= 0.6 is 12.4 Å². The summed E-state index contributed by atoms with van der Waals surface area (Å²) in [6.45, 7) is 7.39. The SMILES string of the molecule is CCN(CC)CCCNc1cc(C(F)(F)F)c(C#N)c2nc3ccccc3n12.Cl. The number of nitriles is 1. The minimum Gasteiger partial charge on any atom is -0.371 e. The first-order chi connectivity index (χ1) is 13.4. The summed E-state index contributed by atoms with van der Waals surface area (Å²) in [6.07, 6.45) is -3.85. The number of anilines is 1. The normalized spacial score (nSPS) is 11.6. The summed E-state index contributed by atoms with van der Waals surface area (Å²) in [5, 5.41) is 12.5. The lowest BCUT2D eigenvalue weighted by Gasteiger charge is -2.19. The Bertz CT molecular complexity index is 1020. The Labute approximate surface area is 173 Å². The average Bonchev–Trinajstić information content (AvgIpc) is 3.06. The number of aromatic nitrogens is 2. The second-order valence-electron chi connectivity index (χ2n) is 6.49. The van der Waals surface area contributed by atoms with Gasteiger partial charge in [0.2, 0.25) is 0 Å². The van der Waals surface area contributed by atoms with Gasteiger partial charge < -0.3 is 10.2 Å². The number of hydrogen-bond donors (Lipinski definition) is 1. The number of rotatable bonds is 7. The molecular weight excluding hydrogens is 403 g/mol. The highest BCUT2D eigenvalue weighted by molar-refractivity contribution is 5.86. The van der Waals surface area contributed by atoms with Gasteiger partial charge >= 0.3 is 6.18 Å². The fourth-order valence-corrected chi connectivity index (χ4v) is 3.35. The minimum absolute atomic E-state index is 0. The molecule has 1 aromatic carbocycles. The van der Waals surface area contributed by atoms with E-state index in [0.29, 0.717) is 17.6 Å². The van der Waals surface area contributed by atoms with Gasteiger partial charge in [0, 0.05) is 6.54 Å². The number of alkyl halides is 3. The van der Waals surface area contributed by atoms with E-state index >= 15 is 0 Å². The lowest BCUT2D eigenvalue weighted by Crippen LogP contribution is -2.25. The monoisotopic (exact) mass is 425 g/mol. The maximum Gasteiger partial charge on any atom is 0.417 e. The molecule has 0 bridgehead atoms. The zero-order chi connectivity index (χ0) is 20.3. The van der Waals surface area contributed by atoms with Gasteiger partial charge in [-0.2, -0.15) is 18.4 Å². The van der Waals surface area contributed by atoms with Crippen molar-refractivity contribution in [3.8, 4) is 6.07 Å². The standard InChI is InChI=1S/C20H22F3N5.ClH/c1-3-27(4-2)11-7-10-25-18-12-15(20(21,22)23)14(13-24)19-26-16-8-5-6-9-17(16)28(18)19;/h5-6,8-9,12,25H,3-4,7,10-11H2,1-2H3;1H. The largest absolute Gasteiger partial charge is 0.417 e. The third-order valence-corrected chi connectivity index (χ3v) is 4.84. The van der Waals surface area contributed by atoms with Crippen LogP contribution in [-0.4, -0.2) is 40.5 Å². The number of para-hydroxylation sites is 2. The Morgan fingerprint density at radius 3 is 2.52 bits per heavy atom. The topological polar surface area (TPSA) is 56.4 Å². The molecular formula is C20H23ClF3N5. The zero-order valence-electron chi connectivity index (χ0n) is 16.3. The first-order valence-electron chi connectivity index (χ1n) is 9.28. The molecule has 9 heteroatoms. The molecule has 2 aromatic heterocycles. The predicted molar refractivity (Wildman–Crippen MR) is 111 cm³/mol. The van der Waals surface area contributed by atoms with Crippen molar-refractivity contribution in [2.24, 2.45) is 0 Å². The molecule has 1 N–H and O–H groups in total. The second kappa shape index (κ2) is 9.33. The van der Waals surface area contributed by atoms with E-state index in [-0.39, 0.29) is 23.9 Å². The molecule has 0 spiro atoms. The van der Waals surface area contributed by atoms with E-state index in [0.717, 1.165) is 32.1 Å². The summed E-state index contributed by atoms with van der Waals surface area (Å²) >= 11 is 0. The van der Waals surface area contributed by atoms with Crippen molar-refractivity contribution in [2.45, 2.75) is 26.4 Å². The number of hydrogen-bond acceptors (Lipinski definition) is 4. The van der Waals surface area contributed by atoms with E-state index in [1.807, 2.05) is 0 Å². The molecule has 0 saturated carbocycles. The minimum atomic E-state index is -4.64. The Kier molecular flexibility index (Phi) is 7.33. The fourth-order valence-electron chi connectivity index (χ4n) is 3.35. The van der Waals surface area contributed by atoms with Crippen molar-refractivity contribution >= 4 is 34.9 Å². The molecule has 0 saturated heterocycles. The maximum absolute atomic E-state index is 13.6. The van der Waals surface area contributed by atoms with Crippen LogP contribution in [-0.2, 0) is 6.18 Å². The van der Waals surface area contributed by atoms with Crippen molar-refractivity contribution in [3.05, 3.63) is 41.5 Å². The van der Waals surface area contributed by atoms with Crippen molar-refractivity contribution in [1.29, 1.82) is 5.26 Å². The van der Waals surface area contributed by atoms with Crippen LogP contribution in [0.5, 0.6) is 0 Å². The van der Waals surface area contributed by atoms with Crippen LogP contribution in [0, 0.1) is 11.3 Å². The molecule has 3 rings (SSSR count). The Morgan fingerprint density at radius 2 is 1.90 bits per heavy atom. The molecule has 156 valence electrons. The highest BCUT2D eigenvalue weighted by Gasteiger charge is 2.36. The second-order valence-corrected chi connectivity index (χ2v) is 6.49. The molecule has 0 aliphatic heterocycles. The van der Waals surface area contributed by atoms with Crippen LogP contribution in [0.4, 0.5) is 19.0 Å². The van der Waals surface area contributed by atoms with Crippen LogP contribution in [0.3, 0.4) is 0 Å². The molecule has 0 unspecified atom stereocenters. The molecule has 0 aliphatic rings. The van der Waals surface area contributed by atoms with Gasteiger partial charge in [-0.05, 0) is 44.3 Å². The third-order valence-electron chi connectivity index (χ3n) is 4.84. The Balaban J connectivity index is 0.00000300. The highest BCUT2D eigenvalue weighted by Crippen LogP contribution is 2.36. The molecule has 0 radical (unpaired) electrons. The molecule has 5 nitrogen and oxygen atoms in total. The summed E-state index contributed by atoms with van der Waals surface area (Å²) in [7, 11) is 0. The van der Waals surface area contributed by atoms with Gasteiger partial charge in [0.1, 0.15) is 17.5 Å². The van der Waals surface area contributed by atoms with Gasteiger partial charge in [0.05, 0.1) is 16.6 Å². The Hall–Kier alpha value is -2.50. The number of imidazole rings is 1. The van der Waals surface area contributed by atoms with Crippen molar-refractivity contribution in [2.75, 3.05) is 31.5 Å². The molecule has 2 heterocycles. The van der Waals surface area contributed by atoms with Crippen LogP contribution in [0.25, 0.3) is 16.7 Å². The van der Waals surface area contributed by atoms with Crippen molar-refractivity contribution < 1.29 is 13.2 Å². The number of nitrogens with one attached hydrogen (secondary N) is 1. The average molecular weight is 426 g/mol. The number of benzene rings is 1. The van der Waals surface area contributed by atoms with E-state index in [9.17, 15) is 18.4 Å². The number of fused-ring (bicyclic) bond motifs is 3. The van der Waals surface area contributed by atoms with E-state index in [1.54, 1.807) is 34.7 Å². The molecule has 29 heavy (non-hydrogen) atoms. The molecule has 0 aliphatic carbocycles. The lowest BCUT2D eigenvalue weighted by atomic mass is 10.1. The van der Waals surface area contributed by atoms with Crippen LogP contribution < -0.4 is 5.32 Å². The van der Waals surface area contributed by atoms with Crippen LogP contribution in [0.15, 0.2) is 30.3 Å². The van der Waals surface area contributed by atoms with Crippen LogP contribution in [0.2, 0.25) is 0 Å². The first kappa shape index (κ1) is 22.8. The van der Waals surface area contributed by atoms with Crippen LogP contribution in [0.1, 0.15) is 31.4 Å². The number of nitrogens with zero attached hydrogens (tertiary/aromatic N) is 4. The van der Waals surface area contributed by atoms with E-state index in [1.165, 1.54) is 0 Å². The van der Waals surface area contributed by atoms with Gasteiger partial charge in [0.15, 0.2) is 5.65 Å². The van der Waals surface area contributed by atoms with Gasteiger partial charge in [-0.3, -0.25) is 4.40 Å². The fraction of sp³-hybridized carbons (Fsp3) is 0.400. The van der Waals surface area contributed by atoms with Crippen molar-refractivity contribution in [3.63, 3.8) is 0 Å². The molecule has 0 fully saturated rings. The van der Waals surface area contributed by atoms with E-state index in [2.05, 4.69) is 29.0 Å². The summed E-state index contributed by atoms with van der Waals surface area (Å²) in [4.78, 5) is 6.55. The Morgan fingerprint density at radius 1 is 1.21 bits per heavy atom. The summed E-state index contributed by atoms with van der Waals surface area (Å²) in [5.41, 5.74) is -0.204. The van der Waals surface area contributed by atoms with Gasteiger partial charge in [0.25, 0.3) is 0 Å².